The molecule has 1 heterocycles. The van der Waals surface area contributed by atoms with Crippen molar-refractivity contribution in [3.63, 3.8) is 0 Å². The van der Waals surface area contributed by atoms with E-state index in [2.05, 4.69) is 10.6 Å². The second-order valence-corrected chi connectivity index (χ2v) is 3.97. The number of carbonyl (C=O) groups excluding carboxylic acids is 2. The number of nitrogens with one attached hydrogen (secondary N) is 2. The molecule has 2 N–H and O–H groups in total. The smallest absolute Gasteiger partial charge is 0.325 e. The third kappa shape index (κ3) is 5.04. The van der Waals surface area contributed by atoms with Crippen LogP contribution in [0.15, 0.2) is 0 Å². The van der Waals surface area contributed by atoms with E-state index in [-0.39, 0.29) is 24.7 Å². The van der Waals surface area contributed by atoms with Crippen molar-refractivity contribution in [3.05, 3.63) is 0 Å². The molecule has 1 aliphatic rings. The Morgan fingerprint density at radius 1 is 1.53 bits per heavy atom. The highest BCUT2D eigenvalue weighted by atomic mass is 16.5. The number of hydrogen-bond acceptors (Lipinski definition) is 4. The van der Waals surface area contributed by atoms with Gasteiger partial charge < -0.3 is 20.1 Å². The molecule has 0 aliphatic carbocycles. The first kappa shape index (κ1) is 13.8. The predicted molar refractivity (Wildman–Crippen MR) is 61.6 cm³/mol. The maximum atomic E-state index is 11.4. The van der Waals surface area contributed by atoms with Crippen molar-refractivity contribution in [3.8, 4) is 0 Å². The minimum atomic E-state index is -0.438. The van der Waals surface area contributed by atoms with Gasteiger partial charge in [-0.05, 0) is 26.7 Å². The second kappa shape index (κ2) is 7.11. The Morgan fingerprint density at radius 3 is 2.88 bits per heavy atom. The number of hydrogen-bond donors (Lipinski definition) is 2. The summed E-state index contributed by atoms with van der Waals surface area (Å²) in [6.07, 6.45) is 2.06. The zero-order valence-electron chi connectivity index (χ0n) is 10.3. The highest BCUT2D eigenvalue weighted by Crippen LogP contribution is 2.15. The van der Waals surface area contributed by atoms with E-state index in [1.54, 1.807) is 6.92 Å². The van der Waals surface area contributed by atoms with Gasteiger partial charge in [0.05, 0.1) is 18.8 Å². The van der Waals surface area contributed by atoms with Crippen molar-refractivity contribution < 1.29 is 19.1 Å². The summed E-state index contributed by atoms with van der Waals surface area (Å²) in [5.41, 5.74) is 0. The van der Waals surface area contributed by atoms with Gasteiger partial charge in [0.1, 0.15) is 6.54 Å². The maximum Gasteiger partial charge on any atom is 0.325 e. The van der Waals surface area contributed by atoms with E-state index in [1.165, 1.54) is 0 Å². The molecule has 1 rings (SSSR count). The van der Waals surface area contributed by atoms with Gasteiger partial charge >= 0.3 is 12.0 Å². The van der Waals surface area contributed by atoms with Crippen molar-refractivity contribution in [2.24, 2.45) is 0 Å². The van der Waals surface area contributed by atoms with Gasteiger partial charge in [0.15, 0.2) is 0 Å². The summed E-state index contributed by atoms with van der Waals surface area (Å²) >= 11 is 0. The van der Waals surface area contributed by atoms with Gasteiger partial charge in [-0.2, -0.15) is 0 Å². The van der Waals surface area contributed by atoms with E-state index in [0.717, 1.165) is 19.4 Å². The average molecular weight is 244 g/mol. The van der Waals surface area contributed by atoms with Crippen LogP contribution in [0.3, 0.4) is 0 Å². The van der Waals surface area contributed by atoms with Crippen molar-refractivity contribution >= 4 is 12.0 Å². The van der Waals surface area contributed by atoms with Gasteiger partial charge in [0, 0.05) is 6.61 Å². The quantitative estimate of drug-likeness (QED) is 0.687. The lowest BCUT2D eigenvalue weighted by Crippen LogP contribution is -2.47. The SMILES string of the molecule is CCOC(=O)CNC(=O)NC(C)C1CCCO1. The molecule has 0 spiro atoms. The van der Waals surface area contributed by atoms with Crippen LogP contribution in [0.5, 0.6) is 0 Å². The van der Waals surface area contributed by atoms with Crippen LogP contribution >= 0.6 is 0 Å². The molecular weight excluding hydrogens is 224 g/mol. The molecule has 2 unspecified atom stereocenters. The van der Waals surface area contributed by atoms with Gasteiger partial charge in [-0.15, -0.1) is 0 Å². The first-order chi connectivity index (χ1) is 8.13. The van der Waals surface area contributed by atoms with E-state index < -0.39 is 5.97 Å². The van der Waals surface area contributed by atoms with Crippen molar-refractivity contribution in [2.45, 2.75) is 38.8 Å². The fourth-order valence-corrected chi connectivity index (χ4v) is 1.71. The first-order valence-corrected chi connectivity index (χ1v) is 5.95. The molecule has 2 atom stereocenters. The van der Waals surface area contributed by atoms with Gasteiger partial charge in [0.2, 0.25) is 0 Å². The lowest BCUT2D eigenvalue weighted by Gasteiger charge is -2.20. The largest absolute Gasteiger partial charge is 0.465 e. The van der Waals surface area contributed by atoms with E-state index in [0.29, 0.717) is 6.61 Å². The lowest BCUT2D eigenvalue weighted by atomic mass is 10.1. The van der Waals surface area contributed by atoms with E-state index in [1.807, 2.05) is 6.92 Å². The summed E-state index contributed by atoms with van der Waals surface area (Å²) < 4.78 is 10.1. The predicted octanol–water partition coefficient (Wildman–Crippen LogP) is 0.416. The van der Waals surface area contributed by atoms with Crippen LogP contribution in [-0.2, 0) is 14.3 Å². The second-order valence-electron chi connectivity index (χ2n) is 3.97. The zero-order chi connectivity index (χ0) is 12.7. The molecule has 0 bridgehead atoms. The van der Waals surface area contributed by atoms with Crippen LogP contribution in [0, 0.1) is 0 Å². The molecule has 2 amide bonds. The van der Waals surface area contributed by atoms with E-state index in [9.17, 15) is 9.59 Å². The number of amides is 2. The summed E-state index contributed by atoms with van der Waals surface area (Å²) in [5, 5.41) is 5.18. The molecule has 98 valence electrons. The summed E-state index contributed by atoms with van der Waals surface area (Å²) in [7, 11) is 0. The number of ether oxygens (including phenoxy) is 2. The van der Waals surface area contributed by atoms with Crippen LogP contribution in [0.2, 0.25) is 0 Å². The molecule has 1 saturated heterocycles. The molecule has 0 aromatic rings. The number of rotatable bonds is 5. The molecular formula is C11H20N2O4. The third-order valence-corrected chi connectivity index (χ3v) is 2.58. The molecule has 1 fully saturated rings. The molecule has 17 heavy (non-hydrogen) atoms. The standard InChI is InChI=1S/C11H20N2O4/c1-3-16-10(14)7-12-11(15)13-8(2)9-5-4-6-17-9/h8-9H,3-7H2,1-2H3,(H2,12,13,15). The van der Waals surface area contributed by atoms with Gasteiger partial charge in [-0.1, -0.05) is 0 Å². The Morgan fingerprint density at radius 2 is 2.29 bits per heavy atom. The molecule has 1 aliphatic heterocycles. The highest BCUT2D eigenvalue weighted by molar-refractivity contribution is 5.80. The first-order valence-electron chi connectivity index (χ1n) is 5.95. The maximum absolute atomic E-state index is 11.4. The topological polar surface area (TPSA) is 76.7 Å². The van der Waals surface area contributed by atoms with Gasteiger partial charge in [-0.3, -0.25) is 4.79 Å². The average Bonchev–Trinajstić information content (AvgIpc) is 2.80. The normalized spacial score (nSPS) is 20.7. The molecule has 0 radical (unpaired) electrons. The summed E-state index contributed by atoms with van der Waals surface area (Å²) in [6, 6.07) is -0.430. The van der Waals surface area contributed by atoms with Crippen molar-refractivity contribution in [1.82, 2.24) is 10.6 Å². The zero-order valence-corrected chi connectivity index (χ0v) is 10.3. The Balaban J connectivity index is 2.17. The summed E-state index contributed by atoms with van der Waals surface area (Å²) in [6.45, 7) is 4.56. The number of urea groups is 1. The van der Waals surface area contributed by atoms with Gasteiger partial charge in [0.25, 0.3) is 0 Å². The monoisotopic (exact) mass is 244 g/mol. The van der Waals surface area contributed by atoms with Crippen LogP contribution < -0.4 is 10.6 Å². The number of carbonyl (C=O) groups is 2. The third-order valence-electron chi connectivity index (χ3n) is 2.58. The Kier molecular flexibility index (Phi) is 5.76. The molecule has 6 heteroatoms. The lowest BCUT2D eigenvalue weighted by molar-refractivity contribution is -0.141. The molecule has 0 aromatic carbocycles. The molecule has 6 nitrogen and oxygen atoms in total. The minimum absolute atomic E-state index is 0.0558. The van der Waals surface area contributed by atoms with E-state index >= 15 is 0 Å². The number of esters is 1. The van der Waals surface area contributed by atoms with Crippen molar-refractivity contribution in [1.29, 1.82) is 0 Å². The van der Waals surface area contributed by atoms with Crippen LogP contribution in [0.4, 0.5) is 4.79 Å². The summed E-state index contributed by atoms with van der Waals surface area (Å²) in [5.74, 6) is -0.438. The van der Waals surface area contributed by atoms with Crippen molar-refractivity contribution in [2.75, 3.05) is 19.8 Å². The Labute approximate surface area is 101 Å². The Hall–Kier alpha value is -1.30. The van der Waals surface area contributed by atoms with Crippen LogP contribution in [0.25, 0.3) is 0 Å². The molecule has 0 saturated carbocycles. The fraction of sp³-hybridized carbons (Fsp3) is 0.818. The summed E-state index contributed by atoms with van der Waals surface area (Å²) in [4.78, 5) is 22.4. The van der Waals surface area contributed by atoms with Crippen LogP contribution in [-0.4, -0.2) is 43.9 Å². The van der Waals surface area contributed by atoms with E-state index in [4.69, 9.17) is 9.47 Å². The molecule has 0 aromatic heterocycles. The Bertz CT molecular complexity index is 264. The fourth-order valence-electron chi connectivity index (χ4n) is 1.71. The van der Waals surface area contributed by atoms with Crippen LogP contribution in [0.1, 0.15) is 26.7 Å². The highest BCUT2D eigenvalue weighted by Gasteiger charge is 2.23. The minimum Gasteiger partial charge on any atom is -0.465 e. The van der Waals surface area contributed by atoms with Gasteiger partial charge in [-0.25, -0.2) is 4.79 Å².